The molecule has 26 heavy (non-hydrogen) atoms. The van der Waals surface area contributed by atoms with Crippen molar-refractivity contribution in [1.29, 1.82) is 0 Å². The average molecular weight is 374 g/mol. The van der Waals surface area contributed by atoms with Gasteiger partial charge in [0, 0.05) is 6.20 Å². The van der Waals surface area contributed by atoms with Gasteiger partial charge < -0.3 is 19.7 Å². The van der Waals surface area contributed by atoms with Crippen molar-refractivity contribution in [2.75, 3.05) is 6.61 Å². The van der Waals surface area contributed by atoms with E-state index in [-0.39, 0.29) is 19.7 Å². The van der Waals surface area contributed by atoms with Crippen molar-refractivity contribution in [3.63, 3.8) is 0 Å². The summed E-state index contributed by atoms with van der Waals surface area (Å²) in [5, 5.41) is 19.6. The summed E-state index contributed by atoms with van der Waals surface area (Å²) in [6.45, 7) is 3.77. The minimum Gasteiger partial charge on any atom is -0.465 e. The second-order valence-corrected chi connectivity index (χ2v) is 6.04. The van der Waals surface area contributed by atoms with Crippen LogP contribution in [0.2, 0.25) is 0 Å². The molecule has 148 valence electrons. The number of rotatable bonds is 7. The highest BCUT2D eigenvalue weighted by Gasteiger charge is 2.42. The van der Waals surface area contributed by atoms with Crippen LogP contribution in [-0.2, 0) is 20.7 Å². The van der Waals surface area contributed by atoms with E-state index in [0.29, 0.717) is 0 Å². The standard InChI is InChI=1S/C16H23FN2O6.CH4/c1-3-4-5-6-24-12(20)7-11-10(17)8-19(16(23)18-11)15-14(22)13(21)9(2)25-15;/h8-9,13-15,21-22H,3-7H2,1-2H3;1H4/t9-,13-,14-,15-;/m1./s1. The molecule has 0 aromatic carbocycles. The van der Waals surface area contributed by atoms with Crippen molar-refractivity contribution in [2.45, 2.75) is 71.5 Å². The van der Waals surface area contributed by atoms with Crippen LogP contribution in [-0.4, -0.2) is 50.7 Å². The minimum atomic E-state index is -1.39. The van der Waals surface area contributed by atoms with E-state index in [2.05, 4.69) is 4.98 Å². The predicted octanol–water partition coefficient (Wildman–Crippen LogP) is 0.933. The van der Waals surface area contributed by atoms with Crippen LogP contribution >= 0.6 is 0 Å². The topological polar surface area (TPSA) is 111 Å². The predicted molar refractivity (Wildman–Crippen MR) is 91.0 cm³/mol. The van der Waals surface area contributed by atoms with Crippen LogP contribution in [0.25, 0.3) is 0 Å². The smallest absolute Gasteiger partial charge is 0.350 e. The number of unbranched alkanes of at least 4 members (excludes halogenated alkanes) is 2. The third kappa shape index (κ3) is 5.09. The maximum atomic E-state index is 14.2. The van der Waals surface area contributed by atoms with Gasteiger partial charge in [0.2, 0.25) is 0 Å². The number of halogens is 1. The molecule has 8 nitrogen and oxygen atoms in total. The first-order valence-electron chi connectivity index (χ1n) is 8.30. The molecule has 1 fully saturated rings. The highest BCUT2D eigenvalue weighted by Crippen LogP contribution is 2.28. The average Bonchev–Trinajstić information content (AvgIpc) is 2.82. The minimum absolute atomic E-state index is 0. The zero-order chi connectivity index (χ0) is 18.6. The summed E-state index contributed by atoms with van der Waals surface area (Å²) < 4.78 is 25.2. The number of ether oxygens (including phenoxy) is 2. The normalized spacial score (nSPS) is 25.0. The molecule has 4 atom stereocenters. The number of aromatic nitrogens is 2. The van der Waals surface area contributed by atoms with E-state index in [1.807, 2.05) is 6.92 Å². The first-order valence-corrected chi connectivity index (χ1v) is 8.30. The van der Waals surface area contributed by atoms with E-state index in [1.165, 1.54) is 6.92 Å². The van der Waals surface area contributed by atoms with Gasteiger partial charge in [-0.25, -0.2) is 9.18 Å². The molecule has 1 saturated heterocycles. The second kappa shape index (κ2) is 9.75. The van der Waals surface area contributed by atoms with E-state index in [4.69, 9.17) is 9.47 Å². The fraction of sp³-hybridized carbons (Fsp3) is 0.706. The molecule has 2 heterocycles. The molecule has 0 amide bonds. The Morgan fingerprint density at radius 2 is 2.08 bits per heavy atom. The highest BCUT2D eigenvalue weighted by atomic mass is 19.1. The SMILES string of the molecule is C.CCCCCOC(=O)Cc1nc(=O)n([C@@H]2O[C@H](C)[C@@H](O)[C@H]2O)cc1F. The molecular weight excluding hydrogens is 347 g/mol. The Kier molecular flexibility index (Phi) is 8.32. The van der Waals surface area contributed by atoms with Gasteiger partial charge in [0.15, 0.2) is 12.0 Å². The van der Waals surface area contributed by atoms with Gasteiger partial charge in [-0.2, -0.15) is 4.98 Å². The van der Waals surface area contributed by atoms with Gasteiger partial charge in [0.1, 0.15) is 12.2 Å². The van der Waals surface area contributed by atoms with Crippen LogP contribution in [0.5, 0.6) is 0 Å². The molecule has 0 radical (unpaired) electrons. The molecular formula is C17H27FN2O6. The number of hydrogen-bond donors (Lipinski definition) is 2. The van der Waals surface area contributed by atoms with Crippen molar-refractivity contribution < 1.29 is 28.9 Å². The Labute approximate surface area is 151 Å². The summed E-state index contributed by atoms with van der Waals surface area (Å²) in [4.78, 5) is 27.3. The van der Waals surface area contributed by atoms with E-state index >= 15 is 0 Å². The fourth-order valence-corrected chi connectivity index (χ4v) is 2.57. The number of aliphatic hydroxyl groups excluding tert-OH is 2. The van der Waals surface area contributed by atoms with Gasteiger partial charge in [-0.15, -0.1) is 0 Å². The van der Waals surface area contributed by atoms with Crippen molar-refractivity contribution >= 4 is 5.97 Å². The fourth-order valence-electron chi connectivity index (χ4n) is 2.57. The lowest BCUT2D eigenvalue weighted by atomic mass is 10.1. The van der Waals surface area contributed by atoms with E-state index in [1.54, 1.807) is 0 Å². The zero-order valence-electron chi connectivity index (χ0n) is 14.2. The van der Waals surface area contributed by atoms with Crippen molar-refractivity contribution in [2.24, 2.45) is 0 Å². The molecule has 1 aliphatic rings. The van der Waals surface area contributed by atoms with Gasteiger partial charge in [-0.3, -0.25) is 9.36 Å². The van der Waals surface area contributed by atoms with E-state index < -0.39 is 48.4 Å². The number of aliphatic hydroxyl groups is 2. The third-order valence-electron chi connectivity index (χ3n) is 4.05. The van der Waals surface area contributed by atoms with Crippen LogP contribution in [0.4, 0.5) is 4.39 Å². The second-order valence-electron chi connectivity index (χ2n) is 6.04. The number of carbonyl (C=O) groups is 1. The van der Waals surface area contributed by atoms with E-state index in [9.17, 15) is 24.2 Å². The molecule has 0 spiro atoms. The lowest BCUT2D eigenvalue weighted by Gasteiger charge is -2.17. The Morgan fingerprint density at radius 3 is 2.65 bits per heavy atom. The highest BCUT2D eigenvalue weighted by molar-refractivity contribution is 5.71. The monoisotopic (exact) mass is 374 g/mol. The molecule has 0 bridgehead atoms. The lowest BCUT2D eigenvalue weighted by molar-refractivity contribution is -0.143. The molecule has 2 rings (SSSR count). The summed E-state index contributed by atoms with van der Waals surface area (Å²) in [6, 6.07) is 0. The molecule has 0 unspecified atom stereocenters. The van der Waals surface area contributed by atoms with Gasteiger partial charge in [0.25, 0.3) is 0 Å². The zero-order valence-corrected chi connectivity index (χ0v) is 14.2. The molecule has 0 aliphatic carbocycles. The number of hydrogen-bond acceptors (Lipinski definition) is 7. The molecule has 2 N–H and O–H groups in total. The Bertz CT molecular complexity index is 665. The van der Waals surface area contributed by atoms with Crippen LogP contribution < -0.4 is 5.69 Å². The van der Waals surface area contributed by atoms with Crippen molar-refractivity contribution in [3.05, 3.63) is 28.2 Å². The summed E-state index contributed by atoms with van der Waals surface area (Å²) in [5.74, 6) is -1.56. The third-order valence-corrected chi connectivity index (χ3v) is 4.05. The molecule has 0 saturated carbocycles. The quantitative estimate of drug-likeness (QED) is 0.539. The number of carbonyl (C=O) groups excluding carboxylic acids is 1. The molecule has 1 aromatic rings. The summed E-state index contributed by atoms with van der Waals surface area (Å²) in [6.07, 6.45) is -1.56. The maximum Gasteiger partial charge on any atom is 0.350 e. The Morgan fingerprint density at radius 1 is 1.38 bits per heavy atom. The van der Waals surface area contributed by atoms with Crippen LogP contribution in [0.1, 0.15) is 52.5 Å². The Balaban J connectivity index is 0.00000338. The number of esters is 1. The van der Waals surface area contributed by atoms with E-state index in [0.717, 1.165) is 30.0 Å². The Hall–Kier alpha value is -1.84. The van der Waals surface area contributed by atoms with Gasteiger partial charge in [-0.05, 0) is 13.3 Å². The maximum absolute atomic E-state index is 14.2. The summed E-state index contributed by atoms with van der Waals surface area (Å²) in [5.41, 5.74) is -1.22. The summed E-state index contributed by atoms with van der Waals surface area (Å²) >= 11 is 0. The van der Waals surface area contributed by atoms with Gasteiger partial charge in [0.05, 0.1) is 24.8 Å². The number of nitrogens with zero attached hydrogens (tertiary/aromatic N) is 2. The van der Waals surface area contributed by atoms with Crippen LogP contribution in [0.15, 0.2) is 11.0 Å². The van der Waals surface area contributed by atoms with Gasteiger partial charge in [-0.1, -0.05) is 27.2 Å². The summed E-state index contributed by atoms with van der Waals surface area (Å²) in [7, 11) is 0. The van der Waals surface area contributed by atoms with Crippen molar-refractivity contribution in [1.82, 2.24) is 9.55 Å². The molecule has 1 aromatic heterocycles. The largest absolute Gasteiger partial charge is 0.465 e. The first-order chi connectivity index (χ1) is 11.8. The van der Waals surface area contributed by atoms with Crippen LogP contribution in [0.3, 0.4) is 0 Å². The lowest BCUT2D eigenvalue weighted by Crippen LogP contribution is -2.36. The van der Waals surface area contributed by atoms with Crippen molar-refractivity contribution in [3.8, 4) is 0 Å². The molecule has 9 heteroatoms. The van der Waals surface area contributed by atoms with Gasteiger partial charge >= 0.3 is 11.7 Å². The molecule has 1 aliphatic heterocycles. The first kappa shape index (κ1) is 22.2. The van der Waals surface area contributed by atoms with Crippen LogP contribution in [0, 0.1) is 5.82 Å².